The molecule has 1 aliphatic heterocycles. The fraction of sp³-hybridized carbons (Fsp3) is 0.571. The summed E-state index contributed by atoms with van der Waals surface area (Å²) in [6.45, 7) is -0.134. The summed E-state index contributed by atoms with van der Waals surface area (Å²) in [5, 5.41) is 0. The summed E-state index contributed by atoms with van der Waals surface area (Å²) < 4.78 is 55.8. The van der Waals surface area contributed by atoms with Crippen molar-refractivity contribution in [2.45, 2.75) is 25.2 Å². The van der Waals surface area contributed by atoms with Gasteiger partial charge < -0.3 is 10.5 Å². The average molecular weight is 425 g/mol. The summed E-state index contributed by atoms with van der Waals surface area (Å²) in [4.78, 5) is 11.3. The third-order valence-corrected chi connectivity index (χ3v) is 7.22. The molecule has 1 fully saturated rings. The van der Waals surface area contributed by atoms with Crippen LogP contribution >= 0.6 is 15.6 Å². The number of carbonyl (C=O) groups is 1. The maximum atomic E-state index is 12.4. The fourth-order valence-corrected chi connectivity index (χ4v) is 4.97. The lowest BCUT2D eigenvalue weighted by Gasteiger charge is -2.20. The van der Waals surface area contributed by atoms with Crippen LogP contribution in [0.15, 0.2) is 24.5 Å². The molecule has 1 aromatic heterocycles. The largest absolute Gasteiger partial charge is 0.483 e. The van der Waals surface area contributed by atoms with E-state index in [1.54, 1.807) is 29.1 Å². The number of amides is 1. The maximum absolute atomic E-state index is 12.4. The summed E-state index contributed by atoms with van der Waals surface area (Å²) in [5.74, 6) is -0.541. The Morgan fingerprint density at radius 2 is 1.89 bits per heavy atom. The summed E-state index contributed by atoms with van der Waals surface area (Å²) in [5.41, 5.74) is 5.63. The number of rotatable bonds is 10. The minimum absolute atomic E-state index is 0.134. The number of phosphoric acid groups is 2. The molecule has 3 unspecified atom stereocenters. The second kappa shape index (κ2) is 9.36. The van der Waals surface area contributed by atoms with Crippen molar-refractivity contribution in [1.29, 1.82) is 0 Å². The Kier molecular flexibility index (Phi) is 7.67. The van der Waals surface area contributed by atoms with Crippen molar-refractivity contribution in [2.75, 3.05) is 27.9 Å². The van der Waals surface area contributed by atoms with Gasteiger partial charge in [0.1, 0.15) is 5.56 Å². The van der Waals surface area contributed by atoms with Crippen LogP contribution < -0.4 is 10.3 Å². The highest BCUT2D eigenvalue weighted by Gasteiger charge is 2.40. The fourth-order valence-electron chi connectivity index (χ4n) is 2.39. The van der Waals surface area contributed by atoms with Crippen LogP contribution in [0.1, 0.15) is 29.4 Å². The van der Waals surface area contributed by atoms with E-state index in [1.807, 2.05) is 0 Å². The van der Waals surface area contributed by atoms with Crippen molar-refractivity contribution in [1.82, 2.24) is 0 Å². The van der Waals surface area contributed by atoms with Crippen LogP contribution in [0.2, 0.25) is 0 Å². The Labute approximate surface area is 156 Å². The molecule has 1 aliphatic rings. The first kappa shape index (κ1) is 22.1. The molecule has 0 saturated carbocycles. The number of aromatic nitrogens is 1. The monoisotopic (exact) mass is 425 g/mol. The second-order valence-corrected chi connectivity index (χ2v) is 9.31. The predicted molar refractivity (Wildman–Crippen MR) is 91.6 cm³/mol. The molecule has 0 aromatic carbocycles. The Balaban J connectivity index is 1.96. The standard InChI is InChI=1S/C14H22N2O9P2/c1-20-26(18,21-2)25-27(19,22-3)23-10-12-6-7-13(24-12)16-8-4-5-11(9-16)14(15)17/h4-5,8-9,12-13H,6-7,10H2,1-3H3,(H-,15,17)/p+1. The van der Waals surface area contributed by atoms with E-state index in [2.05, 4.69) is 9.05 Å². The van der Waals surface area contributed by atoms with Gasteiger partial charge in [0.05, 0.1) is 12.7 Å². The number of hydrogen-bond donors (Lipinski definition) is 1. The predicted octanol–water partition coefficient (Wildman–Crippen LogP) is 1.94. The van der Waals surface area contributed by atoms with Crippen LogP contribution in [0, 0.1) is 0 Å². The second-order valence-electron chi connectivity index (χ2n) is 5.51. The van der Waals surface area contributed by atoms with Gasteiger partial charge in [-0.1, -0.05) is 0 Å². The SMILES string of the molecule is COP(=O)(OC)OP(=O)(OC)OCC1CCC([n+]2cccc(C(N)=O)c2)O1. The van der Waals surface area contributed by atoms with Crippen LogP contribution in [0.5, 0.6) is 0 Å². The van der Waals surface area contributed by atoms with Crippen molar-refractivity contribution in [2.24, 2.45) is 5.73 Å². The van der Waals surface area contributed by atoms with E-state index in [-0.39, 0.29) is 12.8 Å². The zero-order valence-electron chi connectivity index (χ0n) is 15.2. The minimum atomic E-state index is -4.18. The van der Waals surface area contributed by atoms with Gasteiger partial charge >= 0.3 is 15.6 Å². The van der Waals surface area contributed by atoms with Crippen molar-refractivity contribution < 1.29 is 45.6 Å². The topological polar surface area (TPSA) is 136 Å². The van der Waals surface area contributed by atoms with Crippen molar-refractivity contribution >= 4 is 21.6 Å². The summed E-state index contributed by atoms with van der Waals surface area (Å²) in [6.07, 6.45) is 3.80. The average Bonchev–Trinajstić information content (AvgIpc) is 3.15. The molecule has 2 N–H and O–H groups in total. The Morgan fingerprint density at radius 3 is 2.48 bits per heavy atom. The smallest absolute Gasteiger partial charge is 0.365 e. The van der Waals surface area contributed by atoms with E-state index in [9.17, 15) is 13.9 Å². The maximum Gasteiger partial charge on any atom is 0.483 e. The third kappa shape index (κ3) is 5.91. The summed E-state index contributed by atoms with van der Waals surface area (Å²) in [6, 6.07) is 3.29. The normalized spacial score (nSPS) is 22.5. The number of nitrogens with two attached hydrogens (primary N) is 1. The zero-order chi connectivity index (χ0) is 20.1. The first-order valence-corrected chi connectivity index (χ1v) is 10.9. The molecular formula is C14H23N2O9P2+. The molecular weight excluding hydrogens is 402 g/mol. The Hall–Kier alpha value is -1.16. The van der Waals surface area contributed by atoms with E-state index < -0.39 is 27.7 Å². The highest BCUT2D eigenvalue weighted by atomic mass is 31.3. The Bertz CT molecular complexity index is 752. The van der Waals surface area contributed by atoms with Gasteiger partial charge in [0, 0.05) is 33.8 Å². The van der Waals surface area contributed by atoms with Gasteiger partial charge in [-0.25, -0.2) is 9.13 Å². The number of nitrogens with zero attached hydrogens (tertiary/aromatic N) is 1. The van der Waals surface area contributed by atoms with E-state index >= 15 is 0 Å². The van der Waals surface area contributed by atoms with Crippen molar-refractivity contribution in [3.05, 3.63) is 30.1 Å². The molecule has 152 valence electrons. The number of ether oxygens (including phenoxy) is 1. The van der Waals surface area contributed by atoms with Crippen molar-refractivity contribution in [3.8, 4) is 0 Å². The van der Waals surface area contributed by atoms with Crippen LogP contribution in [0.4, 0.5) is 0 Å². The molecule has 27 heavy (non-hydrogen) atoms. The van der Waals surface area contributed by atoms with Gasteiger partial charge in [-0.3, -0.25) is 22.9 Å². The molecule has 11 nitrogen and oxygen atoms in total. The first-order chi connectivity index (χ1) is 12.7. The number of pyridine rings is 1. The van der Waals surface area contributed by atoms with E-state index in [1.165, 1.54) is 0 Å². The lowest BCUT2D eigenvalue weighted by Crippen LogP contribution is -2.40. The molecule has 1 saturated heterocycles. The first-order valence-electron chi connectivity index (χ1n) is 7.93. The molecule has 0 bridgehead atoms. The minimum Gasteiger partial charge on any atom is -0.365 e. The quantitative estimate of drug-likeness (QED) is 0.440. The van der Waals surface area contributed by atoms with E-state index in [0.29, 0.717) is 18.4 Å². The lowest BCUT2D eigenvalue weighted by atomic mass is 10.2. The molecule has 1 amide bonds. The van der Waals surface area contributed by atoms with Crippen molar-refractivity contribution in [3.63, 3.8) is 0 Å². The Morgan fingerprint density at radius 1 is 1.22 bits per heavy atom. The summed E-state index contributed by atoms with van der Waals surface area (Å²) in [7, 11) is -5.00. The van der Waals surface area contributed by atoms with Gasteiger partial charge in [0.2, 0.25) is 0 Å². The number of hydrogen-bond acceptors (Lipinski definition) is 9. The highest BCUT2D eigenvalue weighted by Crippen LogP contribution is 2.65. The van der Waals surface area contributed by atoms with Gasteiger partial charge in [-0.05, 0) is 12.5 Å². The molecule has 0 radical (unpaired) electrons. The molecule has 0 aliphatic carbocycles. The van der Waals surface area contributed by atoms with E-state index in [4.69, 9.17) is 23.8 Å². The van der Waals surface area contributed by atoms with Gasteiger partial charge in [0.15, 0.2) is 12.4 Å². The molecule has 1 aromatic rings. The summed E-state index contributed by atoms with van der Waals surface area (Å²) >= 11 is 0. The van der Waals surface area contributed by atoms with Gasteiger partial charge in [-0.15, -0.1) is 0 Å². The molecule has 13 heteroatoms. The third-order valence-electron chi connectivity index (χ3n) is 3.81. The number of phosphoric ester groups is 2. The lowest BCUT2D eigenvalue weighted by molar-refractivity contribution is -0.759. The molecule has 0 spiro atoms. The highest BCUT2D eigenvalue weighted by molar-refractivity contribution is 7.62. The number of carbonyl (C=O) groups excluding carboxylic acids is 1. The molecule has 3 atom stereocenters. The van der Waals surface area contributed by atoms with Crippen LogP contribution in [0.25, 0.3) is 0 Å². The van der Waals surface area contributed by atoms with E-state index in [0.717, 1.165) is 21.3 Å². The zero-order valence-corrected chi connectivity index (χ0v) is 17.0. The van der Waals surface area contributed by atoms with Crippen LogP contribution in [-0.2, 0) is 36.3 Å². The molecule has 2 rings (SSSR count). The molecule has 2 heterocycles. The van der Waals surface area contributed by atoms with Gasteiger partial charge in [-0.2, -0.15) is 8.88 Å². The van der Waals surface area contributed by atoms with Crippen LogP contribution in [-0.4, -0.2) is 39.9 Å². The van der Waals surface area contributed by atoms with Gasteiger partial charge in [0.25, 0.3) is 12.1 Å². The number of primary amides is 1. The van der Waals surface area contributed by atoms with Crippen LogP contribution in [0.3, 0.4) is 0 Å².